The topological polar surface area (TPSA) is 50.4 Å². The first-order valence-electron chi connectivity index (χ1n) is 7.93. The molecule has 1 atom stereocenters. The lowest BCUT2D eigenvalue weighted by Crippen LogP contribution is -2.29. The maximum absolute atomic E-state index is 11.7. The molecule has 1 amide bonds. The third-order valence-electron chi connectivity index (χ3n) is 4.27. The first kappa shape index (κ1) is 17.7. The number of hydrogen-bond acceptors (Lipinski definition) is 3. The van der Waals surface area contributed by atoms with Crippen molar-refractivity contribution in [2.24, 2.45) is 5.92 Å². The van der Waals surface area contributed by atoms with E-state index in [0.717, 1.165) is 19.5 Å². The quantitative estimate of drug-likeness (QED) is 0.709. The van der Waals surface area contributed by atoms with Crippen LogP contribution in [0, 0.1) is 5.92 Å². The average Bonchev–Trinajstić information content (AvgIpc) is 2.96. The summed E-state index contributed by atoms with van der Waals surface area (Å²) in [7, 11) is 0. The summed E-state index contributed by atoms with van der Waals surface area (Å²) in [4.78, 5) is 11.7. The van der Waals surface area contributed by atoms with Gasteiger partial charge in [0.05, 0.1) is 12.7 Å². The van der Waals surface area contributed by atoms with Crippen LogP contribution in [0.2, 0.25) is 0 Å². The Labute approximate surface area is 128 Å². The average molecular weight is 305 g/mol. The maximum atomic E-state index is 11.7. The van der Waals surface area contributed by atoms with Crippen molar-refractivity contribution in [1.82, 2.24) is 10.6 Å². The fraction of sp³-hybridized carbons (Fsp3) is 0.933. The van der Waals surface area contributed by atoms with Crippen LogP contribution in [0.1, 0.15) is 51.4 Å². The standard InChI is InChI=1S/C15H28N2O2.ClH/c18-15(7-6-13-8-9-16-12-13)17-10-11-19-14-4-2-1-3-5-14;/h13-14,16H,1-12H2,(H,17,18);1H. The van der Waals surface area contributed by atoms with E-state index in [1.54, 1.807) is 0 Å². The zero-order valence-electron chi connectivity index (χ0n) is 12.4. The van der Waals surface area contributed by atoms with E-state index in [1.807, 2.05) is 0 Å². The Bertz CT molecular complexity index is 265. The minimum Gasteiger partial charge on any atom is -0.376 e. The van der Waals surface area contributed by atoms with Gasteiger partial charge in [0.15, 0.2) is 0 Å². The smallest absolute Gasteiger partial charge is 0.220 e. The predicted octanol–water partition coefficient (Wildman–Crippen LogP) is 2.26. The van der Waals surface area contributed by atoms with Crippen LogP contribution in [0.5, 0.6) is 0 Å². The van der Waals surface area contributed by atoms with Crippen molar-refractivity contribution < 1.29 is 9.53 Å². The van der Waals surface area contributed by atoms with Crippen LogP contribution in [0.3, 0.4) is 0 Å². The van der Waals surface area contributed by atoms with Crippen LogP contribution < -0.4 is 10.6 Å². The van der Waals surface area contributed by atoms with Crippen molar-refractivity contribution in [1.29, 1.82) is 0 Å². The Morgan fingerprint density at radius 2 is 2.00 bits per heavy atom. The van der Waals surface area contributed by atoms with Crippen molar-refractivity contribution in [3.05, 3.63) is 0 Å². The summed E-state index contributed by atoms with van der Waals surface area (Å²) >= 11 is 0. The van der Waals surface area contributed by atoms with Crippen LogP contribution in [-0.4, -0.2) is 38.3 Å². The molecule has 0 aromatic rings. The summed E-state index contributed by atoms with van der Waals surface area (Å²) in [6, 6.07) is 0. The molecule has 1 saturated heterocycles. The number of ether oxygens (including phenoxy) is 1. The first-order valence-corrected chi connectivity index (χ1v) is 7.93. The van der Waals surface area contributed by atoms with Crippen molar-refractivity contribution in [3.63, 3.8) is 0 Å². The van der Waals surface area contributed by atoms with Gasteiger partial charge in [-0.15, -0.1) is 12.4 Å². The molecule has 0 spiro atoms. The van der Waals surface area contributed by atoms with Gasteiger partial charge in [0, 0.05) is 13.0 Å². The van der Waals surface area contributed by atoms with E-state index in [4.69, 9.17) is 4.74 Å². The molecule has 2 rings (SSSR count). The van der Waals surface area contributed by atoms with Crippen LogP contribution in [0.25, 0.3) is 0 Å². The molecule has 0 aromatic carbocycles. The Kier molecular flexibility index (Phi) is 9.23. The van der Waals surface area contributed by atoms with Gasteiger partial charge in [-0.1, -0.05) is 19.3 Å². The number of hydrogen-bond donors (Lipinski definition) is 2. The largest absolute Gasteiger partial charge is 0.376 e. The Hall–Kier alpha value is -0.320. The van der Waals surface area contributed by atoms with Gasteiger partial charge in [-0.25, -0.2) is 0 Å². The molecular weight excluding hydrogens is 276 g/mol. The third-order valence-corrected chi connectivity index (χ3v) is 4.27. The lowest BCUT2D eigenvalue weighted by Gasteiger charge is -2.22. The lowest BCUT2D eigenvalue weighted by molar-refractivity contribution is -0.121. The second-order valence-corrected chi connectivity index (χ2v) is 5.88. The zero-order valence-corrected chi connectivity index (χ0v) is 13.2. The highest BCUT2D eigenvalue weighted by molar-refractivity contribution is 5.85. The predicted molar refractivity (Wildman–Crippen MR) is 83.3 cm³/mol. The van der Waals surface area contributed by atoms with Gasteiger partial charge in [0.1, 0.15) is 0 Å². The molecule has 2 aliphatic rings. The highest BCUT2D eigenvalue weighted by atomic mass is 35.5. The van der Waals surface area contributed by atoms with Gasteiger partial charge in [0.25, 0.3) is 0 Å². The highest BCUT2D eigenvalue weighted by Crippen LogP contribution is 2.19. The number of nitrogens with one attached hydrogen (secondary N) is 2. The monoisotopic (exact) mass is 304 g/mol. The molecule has 0 aromatic heterocycles. The van der Waals surface area contributed by atoms with Crippen LogP contribution in [0.15, 0.2) is 0 Å². The van der Waals surface area contributed by atoms with Crippen LogP contribution >= 0.6 is 12.4 Å². The fourth-order valence-electron chi connectivity index (χ4n) is 3.03. The summed E-state index contributed by atoms with van der Waals surface area (Å²) in [5, 5.41) is 6.29. The van der Waals surface area contributed by atoms with E-state index < -0.39 is 0 Å². The number of amides is 1. The Morgan fingerprint density at radius 1 is 1.20 bits per heavy atom. The Morgan fingerprint density at radius 3 is 2.70 bits per heavy atom. The van der Waals surface area contributed by atoms with Gasteiger partial charge >= 0.3 is 0 Å². The normalized spacial score (nSPS) is 23.3. The van der Waals surface area contributed by atoms with E-state index >= 15 is 0 Å². The summed E-state index contributed by atoms with van der Waals surface area (Å²) in [5.41, 5.74) is 0. The highest BCUT2D eigenvalue weighted by Gasteiger charge is 2.16. The molecule has 4 nitrogen and oxygen atoms in total. The second-order valence-electron chi connectivity index (χ2n) is 5.88. The third kappa shape index (κ3) is 6.91. The fourth-order valence-corrected chi connectivity index (χ4v) is 3.03. The van der Waals surface area contributed by atoms with Gasteiger partial charge < -0.3 is 15.4 Å². The van der Waals surface area contributed by atoms with Gasteiger partial charge in [-0.3, -0.25) is 4.79 Å². The molecule has 1 unspecified atom stereocenters. The van der Waals surface area contributed by atoms with E-state index in [2.05, 4.69) is 10.6 Å². The van der Waals surface area contributed by atoms with Crippen LogP contribution in [0.4, 0.5) is 0 Å². The summed E-state index contributed by atoms with van der Waals surface area (Å²) < 4.78 is 5.79. The van der Waals surface area contributed by atoms with E-state index in [9.17, 15) is 4.79 Å². The molecule has 0 radical (unpaired) electrons. The van der Waals surface area contributed by atoms with Crippen molar-refractivity contribution in [2.45, 2.75) is 57.5 Å². The summed E-state index contributed by atoms with van der Waals surface area (Å²) in [6.45, 7) is 3.53. The summed E-state index contributed by atoms with van der Waals surface area (Å²) in [5.74, 6) is 0.878. The van der Waals surface area contributed by atoms with Crippen LogP contribution in [-0.2, 0) is 9.53 Å². The number of rotatable bonds is 7. The van der Waals surface area contributed by atoms with Gasteiger partial charge in [-0.2, -0.15) is 0 Å². The van der Waals surface area contributed by atoms with Gasteiger partial charge in [-0.05, 0) is 44.7 Å². The number of halogens is 1. The van der Waals surface area contributed by atoms with Crippen molar-refractivity contribution in [3.8, 4) is 0 Å². The summed E-state index contributed by atoms with van der Waals surface area (Å²) in [6.07, 6.45) is 9.68. The van der Waals surface area contributed by atoms with Crippen molar-refractivity contribution in [2.75, 3.05) is 26.2 Å². The van der Waals surface area contributed by atoms with E-state index in [-0.39, 0.29) is 18.3 Å². The molecule has 5 heteroatoms. The Balaban J connectivity index is 0.00000200. The first-order chi connectivity index (χ1) is 9.34. The van der Waals surface area contributed by atoms with E-state index in [0.29, 0.717) is 31.6 Å². The minimum atomic E-state index is 0. The van der Waals surface area contributed by atoms with Gasteiger partial charge in [0.2, 0.25) is 5.91 Å². The van der Waals surface area contributed by atoms with E-state index in [1.165, 1.54) is 38.5 Å². The molecule has 1 heterocycles. The second kappa shape index (κ2) is 10.4. The zero-order chi connectivity index (χ0) is 13.3. The number of carbonyl (C=O) groups excluding carboxylic acids is 1. The molecule has 20 heavy (non-hydrogen) atoms. The molecule has 2 N–H and O–H groups in total. The molecule has 2 fully saturated rings. The van der Waals surface area contributed by atoms with Crippen molar-refractivity contribution >= 4 is 18.3 Å². The molecule has 1 saturated carbocycles. The lowest BCUT2D eigenvalue weighted by atomic mass is 9.98. The molecule has 1 aliphatic heterocycles. The minimum absolute atomic E-state index is 0. The molecule has 0 bridgehead atoms. The molecule has 1 aliphatic carbocycles. The number of carbonyl (C=O) groups is 1. The molecule has 118 valence electrons. The SMILES string of the molecule is Cl.O=C(CCC1CCNC1)NCCOC1CCCCC1. The maximum Gasteiger partial charge on any atom is 0.220 e. The molecular formula is C15H29ClN2O2.